The number of fused-ring (bicyclic) bond motifs is 1. The predicted molar refractivity (Wildman–Crippen MR) is 106 cm³/mol. The number of aliphatic carboxylic acids is 1. The summed E-state index contributed by atoms with van der Waals surface area (Å²) in [7, 11) is 0. The number of thioether (sulfide) groups is 1. The van der Waals surface area contributed by atoms with Gasteiger partial charge in [-0.15, -0.1) is 0 Å². The average molecular weight is 369 g/mol. The Hall–Kier alpha value is -2.34. The van der Waals surface area contributed by atoms with Crippen molar-refractivity contribution < 1.29 is 9.90 Å². The second-order valence-corrected chi connectivity index (χ2v) is 9.53. The van der Waals surface area contributed by atoms with Crippen molar-refractivity contribution in [3.05, 3.63) is 42.2 Å². The van der Waals surface area contributed by atoms with Crippen LogP contribution in [-0.2, 0) is 10.2 Å². The first kappa shape index (κ1) is 18.5. The van der Waals surface area contributed by atoms with Crippen molar-refractivity contribution in [1.82, 2.24) is 15.0 Å². The molecule has 3 aromatic rings. The van der Waals surface area contributed by atoms with Gasteiger partial charge in [0.1, 0.15) is 4.75 Å². The van der Waals surface area contributed by atoms with E-state index in [-0.39, 0.29) is 5.41 Å². The Morgan fingerprint density at radius 2 is 1.85 bits per heavy atom. The zero-order chi connectivity index (χ0) is 19.1. The second-order valence-electron chi connectivity index (χ2n) is 7.89. The van der Waals surface area contributed by atoms with Crippen molar-refractivity contribution >= 4 is 28.6 Å². The Morgan fingerprint density at radius 1 is 1.12 bits per heavy atom. The first-order chi connectivity index (χ1) is 12.1. The third kappa shape index (κ3) is 3.75. The summed E-state index contributed by atoms with van der Waals surface area (Å²) in [5, 5.41) is 11.0. The van der Waals surface area contributed by atoms with Crippen LogP contribution in [0.3, 0.4) is 0 Å². The molecule has 0 radical (unpaired) electrons. The van der Waals surface area contributed by atoms with E-state index in [9.17, 15) is 9.90 Å². The lowest BCUT2D eigenvalue weighted by Gasteiger charge is -2.19. The van der Waals surface area contributed by atoms with E-state index in [2.05, 4.69) is 41.8 Å². The number of pyridine rings is 2. The van der Waals surface area contributed by atoms with E-state index >= 15 is 0 Å². The van der Waals surface area contributed by atoms with E-state index < -0.39 is 10.7 Å². The molecule has 3 heterocycles. The number of hydrogen-bond acceptors (Lipinski definition) is 4. The predicted octanol–water partition coefficient (Wildman–Crippen LogP) is 4.88. The lowest BCUT2D eigenvalue weighted by molar-refractivity contribution is -0.138. The molecule has 6 heteroatoms. The number of carboxylic acid groups (broad SMARTS) is 1. The number of carboxylic acids is 1. The highest BCUT2D eigenvalue weighted by atomic mass is 32.2. The molecule has 3 rings (SSSR count). The lowest BCUT2D eigenvalue weighted by atomic mass is 9.87. The topological polar surface area (TPSA) is 78.9 Å². The van der Waals surface area contributed by atoms with Gasteiger partial charge >= 0.3 is 5.97 Å². The number of nitrogens with one attached hydrogen (secondary N) is 1. The van der Waals surface area contributed by atoms with Crippen LogP contribution >= 0.6 is 11.8 Å². The average Bonchev–Trinajstić information content (AvgIpc) is 2.97. The minimum Gasteiger partial charge on any atom is -0.480 e. The van der Waals surface area contributed by atoms with E-state index in [0.29, 0.717) is 5.03 Å². The zero-order valence-electron chi connectivity index (χ0n) is 15.6. The summed E-state index contributed by atoms with van der Waals surface area (Å²) in [6.07, 6.45) is 3.57. The molecule has 2 N–H and O–H groups in total. The molecular formula is C20H23N3O2S. The second kappa shape index (κ2) is 6.43. The molecule has 0 aliphatic rings. The number of aromatic nitrogens is 3. The van der Waals surface area contributed by atoms with E-state index in [1.165, 1.54) is 17.3 Å². The summed E-state index contributed by atoms with van der Waals surface area (Å²) in [4.78, 5) is 23.6. The van der Waals surface area contributed by atoms with Gasteiger partial charge in [-0.25, -0.2) is 4.98 Å². The maximum Gasteiger partial charge on any atom is 0.319 e. The highest BCUT2D eigenvalue weighted by Gasteiger charge is 2.29. The Kier molecular flexibility index (Phi) is 4.56. The maximum atomic E-state index is 11.3. The van der Waals surface area contributed by atoms with Gasteiger partial charge in [-0.1, -0.05) is 32.5 Å². The van der Waals surface area contributed by atoms with Gasteiger partial charge in [0.05, 0.1) is 28.1 Å². The molecule has 0 saturated carbocycles. The van der Waals surface area contributed by atoms with Crippen LogP contribution in [0, 0.1) is 0 Å². The van der Waals surface area contributed by atoms with Crippen LogP contribution in [0.25, 0.3) is 22.3 Å². The summed E-state index contributed by atoms with van der Waals surface area (Å²) in [5.41, 5.74) is 3.98. The maximum absolute atomic E-state index is 11.3. The summed E-state index contributed by atoms with van der Waals surface area (Å²) in [6.45, 7) is 9.88. The highest BCUT2D eigenvalue weighted by molar-refractivity contribution is 8.01. The molecule has 0 fully saturated rings. The molecule has 0 saturated heterocycles. The molecule has 5 nitrogen and oxygen atoms in total. The normalized spacial score (nSPS) is 12.5. The molecule has 26 heavy (non-hydrogen) atoms. The molecule has 136 valence electrons. The Balaban J connectivity index is 1.97. The van der Waals surface area contributed by atoms with Crippen LogP contribution in [0.15, 0.2) is 41.7 Å². The smallest absolute Gasteiger partial charge is 0.319 e. The third-order valence-electron chi connectivity index (χ3n) is 4.26. The molecule has 0 unspecified atom stereocenters. The van der Waals surface area contributed by atoms with Crippen LogP contribution in [0.1, 0.15) is 40.2 Å². The number of aromatic amines is 1. The molecule has 0 amide bonds. The molecule has 0 aromatic carbocycles. The van der Waals surface area contributed by atoms with Crippen molar-refractivity contribution in [1.29, 1.82) is 0 Å². The number of carbonyl (C=O) groups is 1. The minimum absolute atomic E-state index is 0.0531. The largest absolute Gasteiger partial charge is 0.480 e. The third-order valence-corrected chi connectivity index (χ3v) is 5.37. The molecule has 3 aromatic heterocycles. The van der Waals surface area contributed by atoms with Gasteiger partial charge in [0.15, 0.2) is 0 Å². The van der Waals surface area contributed by atoms with Crippen molar-refractivity contribution in [3.63, 3.8) is 0 Å². The summed E-state index contributed by atoms with van der Waals surface area (Å²) >= 11 is 1.24. The van der Waals surface area contributed by atoms with Crippen LogP contribution in [0.5, 0.6) is 0 Å². The first-order valence-electron chi connectivity index (χ1n) is 8.44. The number of hydrogen-bond donors (Lipinski definition) is 2. The lowest BCUT2D eigenvalue weighted by Crippen LogP contribution is -2.27. The van der Waals surface area contributed by atoms with Crippen molar-refractivity contribution in [2.75, 3.05) is 0 Å². The van der Waals surface area contributed by atoms with Crippen molar-refractivity contribution in [3.8, 4) is 11.4 Å². The molecule has 0 aliphatic carbocycles. The Bertz CT molecular complexity index is 971. The summed E-state index contributed by atoms with van der Waals surface area (Å²) in [5.74, 6) is -0.859. The summed E-state index contributed by atoms with van der Waals surface area (Å²) in [6, 6.07) is 8.08. The molecular weight excluding hydrogens is 346 g/mol. The quantitative estimate of drug-likeness (QED) is 0.641. The molecule has 0 aliphatic heterocycles. The van der Waals surface area contributed by atoms with Crippen LogP contribution in [-0.4, -0.2) is 30.8 Å². The molecule has 0 spiro atoms. The number of rotatable bonds is 4. The first-order valence-corrected chi connectivity index (χ1v) is 9.26. The number of H-pyrrole nitrogens is 1. The molecule has 0 atom stereocenters. The SMILES string of the molecule is CC(C)(Sc1cc2cc(-c3cc(C(C)(C)C)ccn3)[nH]c2cn1)C(=O)O. The van der Waals surface area contributed by atoms with Crippen LogP contribution < -0.4 is 0 Å². The molecule has 0 bridgehead atoms. The monoisotopic (exact) mass is 369 g/mol. The van der Waals surface area contributed by atoms with E-state index in [1.807, 2.05) is 24.4 Å². The Morgan fingerprint density at radius 3 is 2.50 bits per heavy atom. The minimum atomic E-state index is -0.928. The van der Waals surface area contributed by atoms with Gasteiger partial charge in [-0.3, -0.25) is 9.78 Å². The van der Waals surface area contributed by atoms with Gasteiger partial charge in [-0.05, 0) is 49.1 Å². The van der Waals surface area contributed by atoms with Gasteiger partial charge in [-0.2, -0.15) is 0 Å². The fraction of sp³-hybridized carbons (Fsp3) is 0.350. The Labute approximate surface area is 157 Å². The van der Waals surface area contributed by atoms with E-state index in [1.54, 1.807) is 20.0 Å². The van der Waals surface area contributed by atoms with Gasteiger partial charge in [0.2, 0.25) is 0 Å². The zero-order valence-corrected chi connectivity index (χ0v) is 16.4. The van der Waals surface area contributed by atoms with E-state index in [4.69, 9.17) is 0 Å². The van der Waals surface area contributed by atoms with Crippen LogP contribution in [0.2, 0.25) is 0 Å². The summed E-state index contributed by atoms with van der Waals surface area (Å²) < 4.78 is -0.928. The van der Waals surface area contributed by atoms with Gasteiger partial charge in [0.25, 0.3) is 0 Å². The van der Waals surface area contributed by atoms with Gasteiger partial charge < -0.3 is 10.1 Å². The van der Waals surface area contributed by atoms with Crippen LogP contribution in [0.4, 0.5) is 0 Å². The number of nitrogens with zero attached hydrogens (tertiary/aromatic N) is 2. The van der Waals surface area contributed by atoms with Crippen molar-refractivity contribution in [2.24, 2.45) is 0 Å². The highest BCUT2D eigenvalue weighted by Crippen LogP contribution is 2.34. The van der Waals surface area contributed by atoms with Gasteiger partial charge in [0, 0.05) is 11.6 Å². The van der Waals surface area contributed by atoms with Crippen molar-refractivity contribution in [2.45, 2.75) is 49.8 Å². The fourth-order valence-electron chi connectivity index (χ4n) is 2.55. The van der Waals surface area contributed by atoms with E-state index in [0.717, 1.165) is 22.3 Å². The standard InChI is InChI=1S/C20H23N3O2S/c1-19(2,3)13-6-7-21-14(10-13)15-8-12-9-17(22-11-16(12)23-15)26-20(4,5)18(24)25/h6-11,23H,1-5H3,(H,24,25). The fourth-order valence-corrected chi connectivity index (χ4v) is 3.46.